The fourth-order valence-corrected chi connectivity index (χ4v) is 2.06. The van der Waals surface area contributed by atoms with Gasteiger partial charge in [-0.25, -0.2) is 0 Å². The van der Waals surface area contributed by atoms with Gasteiger partial charge in [-0.15, -0.1) is 0 Å². The Morgan fingerprint density at radius 2 is 0.607 bits per heavy atom. The van der Waals surface area contributed by atoms with Crippen LogP contribution in [0.5, 0.6) is 0 Å². The Morgan fingerprint density at radius 1 is 0.393 bits per heavy atom. The van der Waals surface area contributed by atoms with Crippen LogP contribution in [0.2, 0.25) is 0 Å². The summed E-state index contributed by atoms with van der Waals surface area (Å²) >= 11 is 0. The van der Waals surface area contributed by atoms with Gasteiger partial charge in [-0.05, 0) is 48.5 Å². The maximum Gasteiger partial charge on any atom is 4.00 e. The molecule has 133 valence electrons. The van der Waals surface area contributed by atoms with Crippen LogP contribution in [0.15, 0.2) is 97.6 Å². The van der Waals surface area contributed by atoms with Gasteiger partial charge >= 0.3 is 69.9 Å². The SMILES string of the molecule is [K+].[O-2].[O-2].[V+4].c1ccc(-c2ccccn2)nc1.c1ccc(-c2ccccn2)nc1. The topological polar surface area (TPSA) is 109 Å². The molecule has 0 amide bonds. The largest absolute Gasteiger partial charge is 4.00 e. The van der Waals surface area contributed by atoms with Gasteiger partial charge in [-0.3, -0.25) is 19.9 Å². The Bertz CT molecular complexity index is 708. The quantitative estimate of drug-likeness (QED) is 0.440. The van der Waals surface area contributed by atoms with Gasteiger partial charge in [0.15, 0.2) is 0 Å². The monoisotopic (exact) mass is 434 g/mol. The molecule has 4 heterocycles. The standard InChI is InChI=1S/2C10H8N2.K.2O.V/c2*1-3-7-11-9(5-1)10-6-2-4-8-12-10;;;;/h2*1-8H;;;;/q;;+1;2*-2;+4. The van der Waals surface area contributed by atoms with Crippen LogP contribution in [-0.2, 0) is 29.5 Å². The Labute approximate surface area is 218 Å². The minimum Gasteiger partial charge on any atom is -2.00 e. The Morgan fingerprint density at radius 3 is 0.750 bits per heavy atom. The molecule has 8 heteroatoms. The molecule has 6 nitrogen and oxygen atoms in total. The second-order valence-electron chi connectivity index (χ2n) is 4.86. The zero-order valence-electron chi connectivity index (χ0n) is 15.3. The first-order chi connectivity index (χ1) is 11.9. The minimum absolute atomic E-state index is 0. The van der Waals surface area contributed by atoms with Crippen molar-refractivity contribution >= 4 is 0 Å². The Balaban J connectivity index is 0. The molecular weight excluding hydrogens is 418 g/mol. The van der Waals surface area contributed by atoms with Crippen molar-refractivity contribution in [2.24, 2.45) is 0 Å². The number of pyridine rings is 4. The summed E-state index contributed by atoms with van der Waals surface area (Å²) in [5, 5.41) is 0. The summed E-state index contributed by atoms with van der Waals surface area (Å²) in [6.45, 7) is 0. The predicted molar refractivity (Wildman–Crippen MR) is 96.3 cm³/mol. The van der Waals surface area contributed by atoms with E-state index in [-0.39, 0.29) is 80.9 Å². The Kier molecular flexibility index (Phi) is 17.2. The van der Waals surface area contributed by atoms with Gasteiger partial charge < -0.3 is 11.0 Å². The molecule has 0 aliphatic heterocycles. The van der Waals surface area contributed by atoms with Crippen molar-refractivity contribution in [1.29, 1.82) is 0 Å². The maximum atomic E-state index is 4.19. The van der Waals surface area contributed by atoms with Crippen molar-refractivity contribution in [3.63, 3.8) is 0 Å². The van der Waals surface area contributed by atoms with Crippen LogP contribution in [0.1, 0.15) is 0 Å². The third-order valence-corrected chi connectivity index (χ3v) is 3.18. The summed E-state index contributed by atoms with van der Waals surface area (Å²) in [6.07, 6.45) is 7.07. The van der Waals surface area contributed by atoms with E-state index in [2.05, 4.69) is 19.9 Å². The molecular formula is C20H16KN4O2V+. The van der Waals surface area contributed by atoms with Crippen LogP contribution in [0.25, 0.3) is 22.8 Å². The zero-order chi connectivity index (χ0) is 16.5. The van der Waals surface area contributed by atoms with Crippen LogP contribution >= 0.6 is 0 Å². The van der Waals surface area contributed by atoms with Crippen molar-refractivity contribution in [1.82, 2.24) is 19.9 Å². The molecule has 0 aromatic carbocycles. The number of hydrogen-bond acceptors (Lipinski definition) is 4. The average Bonchev–Trinajstić information content (AvgIpc) is 2.71. The van der Waals surface area contributed by atoms with Gasteiger partial charge in [-0.2, -0.15) is 0 Å². The summed E-state index contributed by atoms with van der Waals surface area (Å²) in [7, 11) is 0. The van der Waals surface area contributed by atoms with Crippen molar-refractivity contribution < 1.29 is 80.9 Å². The first kappa shape index (κ1) is 28.9. The van der Waals surface area contributed by atoms with Gasteiger partial charge in [0.2, 0.25) is 0 Å². The third kappa shape index (κ3) is 9.29. The minimum atomic E-state index is 0. The molecule has 0 saturated heterocycles. The average molecular weight is 434 g/mol. The third-order valence-electron chi connectivity index (χ3n) is 3.18. The predicted octanol–water partition coefficient (Wildman–Crippen LogP) is 1.05. The van der Waals surface area contributed by atoms with E-state index in [1.54, 1.807) is 24.8 Å². The van der Waals surface area contributed by atoms with Crippen molar-refractivity contribution in [2.75, 3.05) is 0 Å². The van der Waals surface area contributed by atoms with E-state index >= 15 is 0 Å². The first-order valence-electron chi connectivity index (χ1n) is 7.58. The van der Waals surface area contributed by atoms with Gasteiger partial charge in [0.25, 0.3) is 0 Å². The molecule has 0 saturated carbocycles. The molecule has 0 fully saturated rings. The summed E-state index contributed by atoms with van der Waals surface area (Å²) in [5.74, 6) is 0. The van der Waals surface area contributed by atoms with Crippen LogP contribution in [0.3, 0.4) is 0 Å². The van der Waals surface area contributed by atoms with Gasteiger partial charge in [0.1, 0.15) is 0 Å². The molecule has 0 aliphatic carbocycles. The van der Waals surface area contributed by atoms with E-state index < -0.39 is 0 Å². The summed E-state index contributed by atoms with van der Waals surface area (Å²) in [4.78, 5) is 16.7. The van der Waals surface area contributed by atoms with Crippen LogP contribution in [-0.4, -0.2) is 19.9 Å². The van der Waals surface area contributed by atoms with Crippen molar-refractivity contribution in [3.05, 3.63) is 97.6 Å². The molecule has 4 aromatic rings. The van der Waals surface area contributed by atoms with E-state index in [1.165, 1.54) is 0 Å². The molecule has 0 atom stereocenters. The number of hydrogen-bond donors (Lipinski definition) is 0. The van der Waals surface area contributed by atoms with E-state index in [9.17, 15) is 0 Å². The Hall–Kier alpha value is -1.26. The molecule has 4 aromatic heterocycles. The molecule has 28 heavy (non-hydrogen) atoms. The number of aromatic nitrogens is 4. The molecule has 4 rings (SSSR count). The van der Waals surface area contributed by atoms with Crippen molar-refractivity contribution in [3.8, 4) is 22.8 Å². The molecule has 0 bridgehead atoms. The van der Waals surface area contributed by atoms with Crippen LogP contribution in [0.4, 0.5) is 0 Å². The van der Waals surface area contributed by atoms with E-state index in [0.717, 1.165) is 22.8 Å². The second kappa shape index (κ2) is 16.7. The van der Waals surface area contributed by atoms with Gasteiger partial charge in [0.05, 0.1) is 22.8 Å². The van der Waals surface area contributed by atoms with Crippen LogP contribution in [0, 0.1) is 0 Å². The van der Waals surface area contributed by atoms with E-state index in [4.69, 9.17) is 0 Å². The van der Waals surface area contributed by atoms with Crippen LogP contribution < -0.4 is 51.4 Å². The number of rotatable bonds is 2. The second-order valence-corrected chi connectivity index (χ2v) is 4.86. The van der Waals surface area contributed by atoms with E-state index in [0.29, 0.717) is 0 Å². The zero-order valence-corrected chi connectivity index (χ0v) is 19.8. The summed E-state index contributed by atoms with van der Waals surface area (Å²) < 4.78 is 0. The fraction of sp³-hybridized carbons (Fsp3) is 0. The molecule has 0 aliphatic rings. The number of nitrogens with zero attached hydrogens (tertiary/aromatic N) is 4. The molecule has 0 N–H and O–H groups in total. The fourth-order valence-electron chi connectivity index (χ4n) is 2.06. The first-order valence-corrected chi connectivity index (χ1v) is 7.58. The maximum absolute atomic E-state index is 4.19. The molecule has 0 unspecified atom stereocenters. The molecule has 0 spiro atoms. The summed E-state index contributed by atoms with van der Waals surface area (Å²) in [5.41, 5.74) is 3.66. The smallest absolute Gasteiger partial charge is 2.00 e. The van der Waals surface area contributed by atoms with Crippen molar-refractivity contribution in [2.45, 2.75) is 0 Å². The van der Waals surface area contributed by atoms with E-state index in [1.807, 2.05) is 72.8 Å². The summed E-state index contributed by atoms with van der Waals surface area (Å²) in [6, 6.07) is 23.2. The normalized spacial score (nSPS) is 8.29. The van der Waals surface area contributed by atoms with Gasteiger partial charge in [-0.1, -0.05) is 24.3 Å². The molecule has 1 radical (unpaired) electrons. The van der Waals surface area contributed by atoms with Gasteiger partial charge in [0, 0.05) is 24.8 Å².